The van der Waals surface area contributed by atoms with Crippen molar-refractivity contribution in [1.82, 2.24) is 4.98 Å². The SMILES string of the molecule is C(=NCC1CC1)c1ccc(Oc2ccccc2)nc1. The van der Waals surface area contributed by atoms with Crippen LogP contribution >= 0.6 is 0 Å². The van der Waals surface area contributed by atoms with Crippen molar-refractivity contribution in [2.75, 3.05) is 6.54 Å². The second-order valence-electron chi connectivity index (χ2n) is 4.78. The molecule has 0 radical (unpaired) electrons. The number of pyridine rings is 1. The Hall–Kier alpha value is -2.16. The van der Waals surface area contributed by atoms with E-state index in [0.29, 0.717) is 5.88 Å². The van der Waals surface area contributed by atoms with Crippen molar-refractivity contribution in [2.24, 2.45) is 10.9 Å². The zero-order valence-corrected chi connectivity index (χ0v) is 10.7. The van der Waals surface area contributed by atoms with E-state index in [9.17, 15) is 0 Å². The van der Waals surface area contributed by atoms with Gasteiger partial charge in [0.05, 0.1) is 0 Å². The zero-order valence-electron chi connectivity index (χ0n) is 10.7. The molecule has 1 aromatic carbocycles. The number of rotatable bonds is 5. The van der Waals surface area contributed by atoms with E-state index in [1.807, 2.05) is 48.7 Å². The molecular weight excluding hydrogens is 236 g/mol. The number of para-hydroxylation sites is 1. The lowest BCUT2D eigenvalue weighted by molar-refractivity contribution is 0.463. The molecule has 1 aliphatic carbocycles. The van der Waals surface area contributed by atoms with E-state index in [0.717, 1.165) is 23.8 Å². The first-order valence-electron chi connectivity index (χ1n) is 6.59. The normalized spacial score (nSPS) is 14.7. The molecule has 96 valence electrons. The molecule has 1 aliphatic rings. The molecule has 1 heterocycles. The summed E-state index contributed by atoms with van der Waals surface area (Å²) in [6.07, 6.45) is 6.34. The fourth-order valence-electron chi connectivity index (χ4n) is 1.75. The van der Waals surface area contributed by atoms with E-state index in [1.54, 1.807) is 6.20 Å². The summed E-state index contributed by atoms with van der Waals surface area (Å²) in [4.78, 5) is 8.69. The minimum absolute atomic E-state index is 0.602. The van der Waals surface area contributed by atoms with Crippen molar-refractivity contribution < 1.29 is 4.74 Å². The molecule has 0 unspecified atom stereocenters. The molecule has 1 aromatic heterocycles. The van der Waals surface area contributed by atoms with Crippen molar-refractivity contribution in [3.8, 4) is 11.6 Å². The van der Waals surface area contributed by atoms with Crippen molar-refractivity contribution in [2.45, 2.75) is 12.8 Å². The third-order valence-electron chi connectivity index (χ3n) is 3.03. The number of hydrogen-bond acceptors (Lipinski definition) is 3. The smallest absolute Gasteiger partial charge is 0.219 e. The molecular formula is C16H16N2O. The molecule has 0 N–H and O–H groups in total. The van der Waals surface area contributed by atoms with Crippen LogP contribution in [0.1, 0.15) is 18.4 Å². The number of nitrogens with zero attached hydrogens (tertiary/aromatic N) is 2. The third kappa shape index (κ3) is 3.65. The highest BCUT2D eigenvalue weighted by molar-refractivity contribution is 5.79. The summed E-state index contributed by atoms with van der Waals surface area (Å²) in [6, 6.07) is 13.5. The zero-order chi connectivity index (χ0) is 12.9. The molecule has 3 heteroatoms. The standard InChI is InChI=1S/C16H16N2O/c1-2-4-15(5-3-1)19-16-9-8-14(12-18-16)11-17-10-13-6-7-13/h1-5,8-9,11-13H,6-7,10H2. The maximum Gasteiger partial charge on any atom is 0.219 e. The summed E-state index contributed by atoms with van der Waals surface area (Å²) in [6.45, 7) is 0.947. The lowest BCUT2D eigenvalue weighted by atomic mass is 10.3. The monoisotopic (exact) mass is 252 g/mol. The molecule has 1 saturated carbocycles. The van der Waals surface area contributed by atoms with E-state index < -0.39 is 0 Å². The molecule has 3 rings (SSSR count). The molecule has 0 saturated heterocycles. The van der Waals surface area contributed by atoms with Crippen LogP contribution in [0.5, 0.6) is 11.6 Å². The fraction of sp³-hybridized carbons (Fsp3) is 0.250. The van der Waals surface area contributed by atoms with Crippen molar-refractivity contribution in [3.63, 3.8) is 0 Å². The van der Waals surface area contributed by atoms with Crippen LogP contribution in [0.15, 0.2) is 53.7 Å². The van der Waals surface area contributed by atoms with E-state index >= 15 is 0 Å². The van der Waals surface area contributed by atoms with Gasteiger partial charge in [-0.3, -0.25) is 4.99 Å². The first-order chi connectivity index (χ1) is 9.40. The van der Waals surface area contributed by atoms with Crippen LogP contribution in [-0.2, 0) is 0 Å². The Morgan fingerprint density at radius 3 is 2.68 bits per heavy atom. The van der Waals surface area contributed by atoms with Crippen molar-refractivity contribution in [3.05, 3.63) is 54.2 Å². The molecule has 0 spiro atoms. The Labute approximate surface area is 113 Å². The quantitative estimate of drug-likeness (QED) is 0.760. The predicted octanol–water partition coefficient (Wildman–Crippen LogP) is 3.70. The highest BCUT2D eigenvalue weighted by Gasteiger charge is 2.19. The largest absolute Gasteiger partial charge is 0.439 e. The second-order valence-corrected chi connectivity index (χ2v) is 4.78. The molecule has 2 aromatic rings. The Kier molecular flexibility index (Phi) is 3.54. The Balaban J connectivity index is 1.60. The van der Waals surface area contributed by atoms with E-state index in [1.165, 1.54) is 12.8 Å². The van der Waals surface area contributed by atoms with Gasteiger partial charge in [-0.1, -0.05) is 18.2 Å². The van der Waals surface area contributed by atoms with Crippen LogP contribution in [-0.4, -0.2) is 17.7 Å². The predicted molar refractivity (Wildman–Crippen MR) is 75.9 cm³/mol. The lowest BCUT2D eigenvalue weighted by Crippen LogP contribution is -1.90. The Bertz CT molecular complexity index is 545. The van der Waals surface area contributed by atoms with Gasteiger partial charge in [-0.2, -0.15) is 0 Å². The molecule has 0 bridgehead atoms. The molecule has 0 aliphatic heterocycles. The van der Waals surface area contributed by atoms with Gasteiger partial charge in [0.25, 0.3) is 0 Å². The number of hydrogen-bond donors (Lipinski definition) is 0. The third-order valence-corrected chi connectivity index (χ3v) is 3.03. The number of aliphatic imine (C=N–C) groups is 1. The van der Waals surface area contributed by atoms with Gasteiger partial charge in [-0.15, -0.1) is 0 Å². The average molecular weight is 252 g/mol. The van der Waals surface area contributed by atoms with Crippen LogP contribution in [0, 0.1) is 5.92 Å². The van der Waals surface area contributed by atoms with Gasteiger partial charge in [0.15, 0.2) is 0 Å². The van der Waals surface area contributed by atoms with Gasteiger partial charge in [0.2, 0.25) is 5.88 Å². The van der Waals surface area contributed by atoms with Crippen LogP contribution in [0.2, 0.25) is 0 Å². The molecule has 19 heavy (non-hydrogen) atoms. The molecule has 1 fully saturated rings. The summed E-state index contributed by atoms with van der Waals surface area (Å²) in [7, 11) is 0. The highest BCUT2D eigenvalue weighted by atomic mass is 16.5. The Morgan fingerprint density at radius 1 is 1.16 bits per heavy atom. The molecule has 3 nitrogen and oxygen atoms in total. The van der Waals surface area contributed by atoms with Gasteiger partial charge >= 0.3 is 0 Å². The molecule has 0 atom stereocenters. The average Bonchev–Trinajstić information content (AvgIpc) is 3.26. The van der Waals surface area contributed by atoms with Gasteiger partial charge in [0.1, 0.15) is 5.75 Å². The summed E-state index contributed by atoms with van der Waals surface area (Å²) in [5, 5.41) is 0. The van der Waals surface area contributed by atoms with Crippen molar-refractivity contribution in [1.29, 1.82) is 0 Å². The first-order valence-corrected chi connectivity index (χ1v) is 6.59. The summed E-state index contributed by atoms with van der Waals surface area (Å²) < 4.78 is 5.63. The maximum atomic E-state index is 5.63. The van der Waals surface area contributed by atoms with Crippen LogP contribution in [0.25, 0.3) is 0 Å². The lowest BCUT2D eigenvalue weighted by Gasteiger charge is -2.03. The highest BCUT2D eigenvalue weighted by Crippen LogP contribution is 2.28. The second kappa shape index (κ2) is 5.65. The minimum Gasteiger partial charge on any atom is -0.439 e. The summed E-state index contributed by atoms with van der Waals surface area (Å²) >= 11 is 0. The van der Waals surface area contributed by atoms with Gasteiger partial charge in [-0.05, 0) is 37.0 Å². The Morgan fingerprint density at radius 2 is 2.00 bits per heavy atom. The maximum absolute atomic E-state index is 5.63. The molecule has 0 amide bonds. The van der Waals surface area contributed by atoms with Crippen LogP contribution < -0.4 is 4.74 Å². The summed E-state index contributed by atoms with van der Waals surface area (Å²) in [5.41, 5.74) is 1.01. The first kappa shape index (κ1) is 11.9. The topological polar surface area (TPSA) is 34.5 Å². The van der Waals surface area contributed by atoms with E-state index in [2.05, 4.69) is 9.98 Å². The number of benzene rings is 1. The van der Waals surface area contributed by atoms with E-state index in [4.69, 9.17) is 4.74 Å². The summed E-state index contributed by atoms with van der Waals surface area (Å²) in [5.74, 6) is 2.22. The van der Waals surface area contributed by atoms with Crippen LogP contribution in [0.3, 0.4) is 0 Å². The van der Waals surface area contributed by atoms with Gasteiger partial charge < -0.3 is 4.74 Å². The number of aromatic nitrogens is 1. The van der Waals surface area contributed by atoms with Crippen molar-refractivity contribution >= 4 is 6.21 Å². The van der Waals surface area contributed by atoms with Crippen LogP contribution in [0.4, 0.5) is 0 Å². The number of ether oxygens (including phenoxy) is 1. The van der Waals surface area contributed by atoms with E-state index in [-0.39, 0.29) is 0 Å². The minimum atomic E-state index is 0.602. The van der Waals surface area contributed by atoms with Gasteiger partial charge in [0, 0.05) is 30.6 Å². The van der Waals surface area contributed by atoms with Gasteiger partial charge in [-0.25, -0.2) is 4.98 Å². The fourth-order valence-corrected chi connectivity index (χ4v) is 1.75.